The van der Waals surface area contributed by atoms with Crippen molar-refractivity contribution < 1.29 is 34.0 Å². The first-order valence-corrected chi connectivity index (χ1v) is 20.6. The highest BCUT2D eigenvalue weighted by Crippen LogP contribution is 2.48. The summed E-state index contributed by atoms with van der Waals surface area (Å²) < 4.78 is 16.3. The lowest BCUT2D eigenvalue weighted by Gasteiger charge is -2.45. The Hall–Kier alpha value is -2.35. The number of aliphatic hydroxyl groups excluding tert-OH is 2. The van der Waals surface area contributed by atoms with Gasteiger partial charge in [-0.05, 0) is 93.4 Å². The van der Waals surface area contributed by atoms with Crippen LogP contribution in [0.2, 0.25) is 0 Å². The largest absolute Gasteiger partial charge is 0.494 e. The zero-order chi connectivity index (χ0) is 36.7. The van der Waals surface area contributed by atoms with Crippen molar-refractivity contribution in [3.05, 3.63) is 54.1 Å². The molecule has 2 N–H and O–H groups in total. The second-order valence-corrected chi connectivity index (χ2v) is 15.4. The van der Waals surface area contributed by atoms with Crippen molar-refractivity contribution in [2.24, 2.45) is 17.3 Å². The highest BCUT2D eigenvalue weighted by atomic mass is 35.5. The summed E-state index contributed by atoms with van der Waals surface area (Å²) in [6.45, 7) is 5.11. The number of rotatable bonds is 27. The Morgan fingerprint density at radius 3 is 2.20 bits per heavy atom. The summed E-state index contributed by atoms with van der Waals surface area (Å²) in [4.78, 5) is 24.5. The van der Waals surface area contributed by atoms with Crippen molar-refractivity contribution in [2.45, 2.75) is 160 Å². The first-order valence-electron chi connectivity index (χ1n) is 20.2. The molecule has 1 aromatic carbocycles. The van der Waals surface area contributed by atoms with E-state index in [9.17, 15) is 19.8 Å². The zero-order valence-corrected chi connectivity index (χ0v) is 32.3. The smallest absolute Gasteiger partial charge is 0.338 e. The first-order chi connectivity index (χ1) is 24.8. The molecule has 8 heteroatoms. The van der Waals surface area contributed by atoms with E-state index < -0.39 is 12.1 Å². The molecular weight excluding hydrogens is 664 g/mol. The van der Waals surface area contributed by atoms with Gasteiger partial charge >= 0.3 is 11.9 Å². The minimum atomic E-state index is -0.471. The number of allylic oxidation sites excluding steroid dienone is 2. The fourth-order valence-corrected chi connectivity index (χ4v) is 7.93. The van der Waals surface area contributed by atoms with Crippen molar-refractivity contribution >= 4 is 23.5 Å². The third-order valence-corrected chi connectivity index (χ3v) is 11.6. The van der Waals surface area contributed by atoms with E-state index in [4.69, 9.17) is 25.8 Å². The number of hydrogen-bond donors (Lipinski definition) is 2. The zero-order valence-electron chi connectivity index (χ0n) is 31.6. The molecule has 0 amide bonds. The third-order valence-electron chi connectivity index (χ3n) is 11.1. The molecule has 0 saturated heterocycles. The number of ether oxygens (including phenoxy) is 3. The number of carbonyl (C=O) groups is 2. The van der Waals surface area contributed by atoms with Gasteiger partial charge in [0.15, 0.2) is 0 Å². The third kappa shape index (κ3) is 15.7. The highest BCUT2D eigenvalue weighted by molar-refractivity contribution is 6.21. The standard InChI is InChI=1S/C43H67ClO7/c1-3-5-6-7-8-9-10-11-14-17-30-49-35-26-24-34(25-27-35)42(48)51-32-31-50-41(47)23-16-13-12-15-20-36-37(39(45)33-38(36)44)21-18-22-40(46)43(4-2)28-19-29-43/h12,15,18,21,24-27,36-40,45-46H,3-11,13-14,16-17,19-20,22-23,28-33H2,1-2H3/b15-12-,21-18+/t36-,37-,38-,39-,40+/m1/s1. The minimum Gasteiger partial charge on any atom is -0.494 e. The van der Waals surface area contributed by atoms with Crippen LogP contribution in [0.25, 0.3) is 0 Å². The molecule has 0 heterocycles. The van der Waals surface area contributed by atoms with Gasteiger partial charge in [0, 0.05) is 17.7 Å². The van der Waals surface area contributed by atoms with Crippen LogP contribution < -0.4 is 4.74 Å². The number of carbonyl (C=O) groups excluding carboxylic acids is 2. The van der Waals surface area contributed by atoms with Crippen LogP contribution in [0.4, 0.5) is 0 Å². The number of aliphatic hydroxyl groups is 2. The second-order valence-electron chi connectivity index (χ2n) is 14.8. The van der Waals surface area contributed by atoms with Gasteiger partial charge in [-0.3, -0.25) is 4.79 Å². The van der Waals surface area contributed by atoms with Crippen molar-refractivity contribution in [1.29, 1.82) is 0 Å². The van der Waals surface area contributed by atoms with E-state index in [-0.39, 0.29) is 54.3 Å². The molecule has 51 heavy (non-hydrogen) atoms. The molecule has 5 atom stereocenters. The second kappa shape index (κ2) is 24.8. The summed E-state index contributed by atoms with van der Waals surface area (Å²) in [5.41, 5.74) is 0.506. The summed E-state index contributed by atoms with van der Waals surface area (Å²) in [6.07, 6.45) is 28.3. The maximum Gasteiger partial charge on any atom is 0.338 e. The maximum absolute atomic E-state index is 12.4. The maximum atomic E-state index is 12.4. The van der Waals surface area contributed by atoms with Gasteiger partial charge < -0.3 is 24.4 Å². The Labute approximate surface area is 313 Å². The normalized spacial score (nSPS) is 21.9. The Bertz CT molecular complexity index is 1160. The Balaban J connectivity index is 1.20. The molecular formula is C43H67ClO7. The van der Waals surface area contributed by atoms with Gasteiger partial charge in [-0.1, -0.05) is 102 Å². The molecule has 2 fully saturated rings. The van der Waals surface area contributed by atoms with E-state index in [1.165, 1.54) is 64.2 Å². The van der Waals surface area contributed by atoms with E-state index in [2.05, 4.69) is 32.1 Å². The van der Waals surface area contributed by atoms with E-state index in [1.807, 2.05) is 6.08 Å². The number of halogens is 1. The Morgan fingerprint density at radius 2 is 1.55 bits per heavy atom. The predicted molar refractivity (Wildman–Crippen MR) is 206 cm³/mol. The number of alkyl halides is 1. The van der Waals surface area contributed by atoms with Crippen molar-refractivity contribution in [2.75, 3.05) is 19.8 Å². The predicted octanol–water partition coefficient (Wildman–Crippen LogP) is 10.3. The van der Waals surface area contributed by atoms with Gasteiger partial charge in [0.25, 0.3) is 0 Å². The average molecular weight is 731 g/mol. The average Bonchev–Trinajstić information content (AvgIpc) is 3.37. The lowest BCUT2D eigenvalue weighted by Crippen LogP contribution is -2.40. The van der Waals surface area contributed by atoms with E-state index in [1.54, 1.807) is 24.3 Å². The molecule has 0 radical (unpaired) electrons. The number of hydrogen-bond acceptors (Lipinski definition) is 7. The SMILES string of the molecule is CCCCCCCCCCCCOc1ccc(C(=O)OCCOC(=O)CCC/C=C\C[C@@H]2[C@@H](/C=C/C[C@H](O)C3(CC)CCC3)[C@H](O)C[C@H]2Cl)cc1. The minimum absolute atomic E-state index is 0.00233. The molecule has 288 valence electrons. The summed E-state index contributed by atoms with van der Waals surface area (Å²) in [6, 6.07) is 6.95. The summed E-state index contributed by atoms with van der Waals surface area (Å²) in [7, 11) is 0. The van der Waals surface area contributed by atoms with Gasteiger partial charge in [0.1, 0.15) is 19.0 Å². The van der Waals surface area contributed by atoms with Gasteiger partial charge in [-0.15, -0.1) is 11.6 Å². The van der Waals surface area contributed by atoms with Crippen LogP contribution in [0.15, 0.2) is 48.6 Å². The number of esters is 2. The quantitative estimate of drug-likeness (QED) is 0.0402. The van der Waals surface area contributed by atoms with Crippen LogP contribution in [0.5, 0.6) is 5.75 Å². The lowest BCUT2D eigenvalue weighted by atomic mass is 9.63. The Kier molecular flexibility index (Phi) is 20.9. The van der Waals surface area contributed by atoms with Crippen molar-refractivity contribution in [3.8, 4) is 5.75 Å². The first kappa shape index (κ1) is 43.1. The summed E-state index contributed by atoms with van der Waals surface area (Å²) in [5, 5.41) is 21.2. The van der Waals surface area contributed by atoms with Crippen molar-refractivity contribution in [3.63, 3.8) is 0 Å². The summed E-state index contributed by atoms with van der Waals surface area (Å²) >= 11 is 6.61. The van der Waals surface area contributed by atoms with Crippen molar-refractivity contribution in [1.82, 2.24) is 0 Å². The summed E-state index contributed by atoms with van der Waals surface area (Å²) in [5.74, 6) is 0.0740. The van der Waals surface area contributed by atoms with E-state index in [0.29, 0.717) is 31.4 Å². The van der Waals surface area contributed by atoms with E-state index in [0.717, 1.165) is 44.3 Å². The molecule has 0 aliphatic heterocycles. The number of unbranched alkanes of at least 4 members (excludes halogenated alkanes) is 10. The van der Waals surface area contributed by atoms with Crippen LogP contribution >= 0.6 is 11.6 Å². The molecule has 0 bridgehead atoms. The molecule has 1 aromatic rings. The molecule has 0 aromatic heterocycles. The van der Waals surface area contributed by atoms with Crippen LogP contribution in [0.1, 0.15) is 153 Å². The van der Waals surface area contributed by atoms with Crippen LogP contribution in [0, 0.1) is 17.3 Å². The molecule has 2 aliphatic carbocycles. The van der Waals surface area contributed by atoms with Gasteiger partial charge in [0.2, 0.25) is 0 Å². The molecule has 2 aliphatic rings. The molecule has 2 saturated carbocycles. The van der Waals surface area contributed by atoms with Gasteiger partial charge in [0.05, 0.1) is 24.4 Å². The molecule has 7 nitrogen and oxygen atoms in total. The molecule has 0 unspecified atom stereocenters. The molecule has 0 spiro atoms. The fraction of sp³-hybridized carbons (Fsp3) is 0.721. The van der Waals surface area contributed by atoms with Crippen LogP contribution in [0.3, 0.4) is 0 Å². The topological polar surface area (TPSA) is 102 Å². The molecule has 3 rings (SSSR count). The van der Waals surface area contributed by atoms with Crippen LogP contribution in [-0.4, -0.2) is 59.6 Å². The van der Waals surface area contributed by atoms with Crippen LogP contribution in [-0.2, 0) is 14.3 Å². The lowest BCUT2D eigenvalue weighted by molar-refractivity contribution is -0.144. The fourth-order valence-electron chi connectivity index (χ4n) is 7.48. The van der Waals surface area contributed by atoms with Gasteiger partial charge in [-0.2, -0.15) is 0 Å². The monoisotopic (exact) mass is 730 g/mol. The van der Waals surface area contributed by atoms with Gasteiger partial charge in [-0.25, -0.2) is 4.79 Å². The Morgan fingerprint density at radius 1 is 0.882 bits per heavy atom. The highest BCUT2D eigenvalue weighted by Gasteiger charge is 2.42. The number of benzene rings is 1. The van der Waals surface area contributed by atoms with E-state index >= 15 is 0 Å².